The second-order valence-electron chi connectivity index (χ2n) is 7.49. The van der Waals surface area contributed by atoms with Gasteiger partial charge in [-0.3, -0.25) is 14.2 Å². The average Bonchev–Trinajstić information content (AvgIpc) is 3.08. The van der Waals surface area contributed by atoms with Crippen LogP contribution in [0.4, 0.5) is 5.69 Å². The van der Waals surface area contributed by atoms with Gasteiger partial charge < -0.3 is 5.32 Å². The smallest absolute Gasteiger partial charge is 0.263 e. The van der Waals surface area contributed by atoms with Gasteiger partial charge in [0.05, 0.1) is 11.1 Å². The Bertz CT molecular complexity index is 1150. The first-order valence-electron chi connectivity index (χ1n) is 10.0. The predicted octanol–water partition coefficient (Wildman–Crippen LogP) is 4.70. The topological polar surface area (TPSA) is 64.0 Å². The largest absolute Gasteiger partial charge is 0.325 e. The van der Waals surface area contributed by atoms with E-state index in [-0.39, 0.29) is 17.2 Å². The number of aromatic nitrogens is 2. The maximum absolute atomic E-state index is 13.1. The van der Waals surface area contributed by atoms with Gasteiger partial charge in [0, 0.05) is 17.1 Å². The van der Waals surface area contributed by atoms with Gasteiger partial charge in [0.2, 0.25) is 5.91 Å². The number of thioether (sulfide) groups is 1. The highest BCUT2D eigenvalue weighted by molar-refractivity contribution is 7.99. The van der Waals surface area contributed by atoms with Crippen LogP contribution < -0.4 is 10.9 Å². The number of amides is 1. The summed E-state index contributed by atoms with van der Waals surface area (Å²) in [6.45, 7) is 6.48. The van der Waals surface area contributed by atoms with E-state index >= 15 is 0 Å². The lowest BCUT2D eigenvalue weighted by Crippen LogP contribution is -2.24. The summed E-state index contributed by atoms with van der Waals surface area (Å²) in [7, 11) is 0. The van der Waals surface area contributed by atoms with Gasteiger partial charge >= 0.3 is 0 Å². The van der Waals surface area contributed by atoms with Crippen LogP contribution in [0.25, 0.3) is 10.2 Å². The first-order valence-corrected chi connectivity index (χ1v) is 11.8. The van der Waals surface area contributed by atoms with Crippen molar-refractivity contribution in [1.82, 2.24) is 9.55 Å². The molecule has 2 aromatic heterocycles. The molecule has 7 heteroatoms. The Hall–Kier alpha value is -2.12. The van der Waals surface area contributed by atoms with Crippen molar-refractivity contribution in [2.24, 2.45) is 0 Å². The first-order chi connectivity index (χ1) is 14.0. The molecule has 0 spiro atoms. The van der Waals surface area contributed by atoms with Gasteiger partial charge in [-0.05, 0) is 69.2 Å². The molecule has 4 rings (SSSR count). The third kappa shape index (κ3) is 3.98. The maximum atomic E-state index is 13.1. The van der Waals surface area contributed by atoms with E-state index in [0.717, 1.165) is 46.3 Å². The number of nitrogens with zero attached hydrogens (tertiary/aromatic N) is 2. The lowest BCUT2D eigenvalue weighted by molar-refractivity contribution is -0.113. The third-order valence-electron chi connectivity index (χ3n) is 5.36. The van der Waals surface area contributed by atoms with Gasteiger partial charge in [-0.1, -0.05) is 23.9 Å². The highest BCUT2D eigenvalue weighted by atomic mass is 32.2. The molecule has 1 aliphatic carbocycles. The highest BCUT2D eigenvalue weighted by Crippen LogP contribution is 2.34. The van der Waals surface area contributed by atoms with Crippen LogP contribution in [0, 0.1) is 13.8 Å². The van der Waals surface area contributed by atoms with E-state index in [1.807, 2.05) is 39.0 Å². The molecule has 1 N–H and O–H groups in total. The van der Waals surface area contributed by atoms with Crippen LogP contribution in [-0.2, 0) is 24.2 Å². The second-order valence-corrected chi connectivity index (χ2v) is 9.52. The number of hydrogen-bond donors (Lipinski definition) is 1. The van der Waals surface area contributed by atoms with E-state index in [1.165, 1.54) is 28.6 Å². The van der Waals surface area contributed by atoms with Crippen molar-refractivity contribution in [2.45, 2.75) is 58.2 Å². The fourth-order valence-corrected chi connectivity index (χ4v) is 5.96. The normalized spacial score (nSPS) is 13.5. The fourth-order valence-electron chi connectivity index (χ4n) is 3.80. The van der Waals surface area contributed by atoms with Crippen molar-refractivity contribution in [2.75, 3.05) is 11.1 Å². The fraction of sp³-hybridized carbons (Fsp3) is 0.409. The van der Waals surface area contributed by atoms with Gasteiger partial charge in [0.1, 0.15) is 4.83 Å². The number of nitrogens with one attached hydrogen (secondary N) is 1. The molecule has 0 aliphatic heterocycles. The van der Waals surface area contributed by atoms with Gasteiger partial charge in [-0.2, -0.15) is 0 Å². The van der Waals surface area contributed by atoms with E-state index in [9.17, 15) is 9.59 Å². The molecule has 1 aromatic carbocycles. The molecule has 2 heterocycles. The van der Waals surface area contributed by atoms with Crippen molar-refractivity contribution in [3.05, 3.63) is 50.1 Å². The number of thiophene rings is 1. The van der Waals surface area contributed by atoms with Gasteiger partial charge in [0.15, 0.2) is 5.16 Å². The zero-order valence-electron chi connectivity index (χ0n) is 17.0. The predicted molar refractivity (Wildman–Crippen MR) is 121 cm³/mol. The number of aryl methyl sites for hydroxylation is 4. The van der Waals surface area contributed by atoms with Crippen molar-refractivity contribution < 1.29 is 4.79 Å². The lowest BCUT2D eigenvalue weighted by atomic mass is 9.97. The maximum Gasteiger partial charge on any atom is 0.263 e. The molecular formula is C22H25N3O2S2. The van der Waals surface area contributed by atoms with Crippen molar-refractivity contribution in [3.8, 4) is 0 Å². The van der Waals surface area contributed by atoms with E-state index in [4.69, 9.17) is 4.98 Å². The van der Waals surface area contributed by atoms with Crippen LogP contribution in [-0.4, -0.2) is 21.2 Å². The minimum absolute atomic E-state index is 0.0364. The quantitative estimate of drug-likeness (QED) is 0.473. The lowest BCUT2D eigenvalue weighted by Gasteiger charge is -2.12. The number of benzene rings is 1. The van der Waals surface area contributed by atoms with Gasteiger partial charge in [0.25, 0.3) is 5.56 Å². The summed E-state index contributed by atoms with van der Waals surface area (Å²) in [5, 5.41) is 4.40. The summed E-state index contributed by atoms with van der Waals surface area (Å²) in [6.07, 6.45) is 4.34. The molecule has 0 unspecified atom stereocenters. The monoisotopic (exact) mass is 427 g/mol. The van der Waals surface area contributed by atoms with Crippen molar-refractivity contribution in [1.29, 1.82) is 0 Å². The van der Waals surface area contributed by atoms with E-state index < -0.39 is 0 Å². The Labute approximate surface area is 178 Å². The molecule has 1 aliphatic rings. The summed E-state index contributed by atoms with van der Waals surface area (Å²) in [6, 6.07) is 6.00. The molecule has 5 nitrogen and oxygen atoms in total. The van der Waals surface area contributed by atoms with Crippen LogP contribution in [0.3, 0.4) is 0 Å². The Morgan fingerprint density at radius 2 is 2.07 bits per heavy atom. The minimum atomic E-state index is -0.0915. The highest BCUT2D eigenvalue weighted by Gasteiger charge is 2.22. The molecule has 3 aromatic rings. The number of anilines is 1. The molecule has 1 amide bonds. The molecular weight excluding hydrogens is 402 g/mol. The molecule has 152 valence electrons. The number of fused-ring (bicyclic) bond motifs is 3. The molecule has 0 fully saturated rings. The average molecular weight is 428 g/mol. The third-order valence-corrected chi connectivity index (χ3v) is 7.52. The molecule has 0 saturated heterocycles. The summed E-state index contributed by atoms with van der Waals surface area (Å²) in [5.74, 6) is 0.127. The Kier molecular flexibility index (Phi) is 5.79. The Morgan fingerprint density at radius 3 is 2.86 bits per heavy atom. The summed E-state index contributed by atoms with van der Waals surface area (Å²) in [4.78, 5) is 32.6. The number of carbonyl (C=O) groups excluding carboxylic acids is 1. The molecule has 0 saturated carbocycles. The first kappa shape index (κ1) is 20.2. The molecule has 0 bridgehead atoms. The number of hydrogen-bond acceptors (Lipinski definition) is 5. The van der Waals surface area contributed by atoms with Gasteiger partial charge in [-0.25, -0.2) is 4.98 Å². The van der Waals surface area contributed by atoms with Crippen molar-refractivity contribution in [3.63, 3.8) is 0 Å². The molecule has 0 radical (unpaired) electrons. The van der Waals surface area contributed by atoms with Crippen LogP contribution >= 0.6 is 23.1 Å². The van der Waals surface area contributed by atoms with Gasteiger partial charge in [-0.15, -0.1) is 11.3 Å². The molecule has 0 atom stereocenters. The Morgan fingerprint density at radius 1 is 1.28 bits per heavy atom. The second kappa shape index (κ2) is 8.32. The Balaban J connectivity index is 1.58. The van der Waals surface area contributed by atoms with E-state index in [2.05, 4.69) is 5.32 Å². The summed E-state index contributed by atoms with van der Waals surface area (Å²) in [5.41, 5.74) is 4.21. The standard InChI is InChI=1S/C22H25N3O2S2/c1-4-25-21(27)19-15-7-5-6-8-17(15)29-20(19)24-22(25)28-12-18(26)23-16-11-13(2)9-10-14(16)3/h9-11H,4-8,12H2,1-3H3,(H,23,26). The van der Waals surface area contributed by atoms with Crippen LogP contribution in [0.2, 0.25) is 0 Å². The molecule has 29 heavy (non-hydrogen) atoms. The minimum Gasteiger partial charge on any atom is -0.325 e. The summed E-state index contributed by atoms with van der Waals surface area (Å²) >= 11 is 2.98. The SMILES string of the molecule is CCn1c(SCC(=O)Nc2cc(C)ccc2C)nc2sc3c(c2c1=O)CCCC3. The van der Waals surface area contributed by atoms with E-state index in [1.54, 1.807) is 15.9 Å². The van der Waals surface area contributed by atoms with Crippen LogP contribution in [0.5, 0.6) is 0 Å². The zero-order valence-corrected chi connectivity index (χ0v) is 18.6. The van der Waals surface area contributed by atoms with Crippen LogP contribution in [0.1, 0.15) is 41.3 Å². The van der Waals surface area contributed by atoms with Crippen molar-refractivity contribution >= 4 is 44.9 Å². The van der Waals surface area contributed by atoms with Crippen LogP contribution in [0.15, 0.2) is 28.2 Å². The zero-order chi connectivity index (χ0) is 20.5. The number of carbonyl (C=O) groups is 1. The number of rotatable bonds is 5. The summed E-state index contributed by atoms with van der Waals surface area (Å²) < 4.78 is 1.71. The van der Waals surface area contributed by atoms with E-state index in [0.29, 0.717) is 11.7 Å².